The van der Waals surface area contributed by atoms with Gasteiger partial charge < -0.3 is 14.9 Å². The first-order chi connectivity index (χ1) is 13.7. The molecule has 0 aliphatic rings. The summed E-state index contributed by atoms with van der Waals surface area (Å²) in [5, 5.41) is 15.0. The third-order valence-electron chi connectivity index (χ3n) is 4.26. The molecule has 0 radical (unpaired) electrons. The number of benzene rings is 2. The van der Waals surface area contributed by atoms with Crippen molar-refractivity contribution in [1.82, 2.24) is 4.98 Å². The maximum Gasteiger partial charge on any atom is 0.260 e. The number of nitrogens with one attached hydrogen (secondary N) is 1. The fraction of sp³-hybridized carbons (Fsp3) is 0.136. The number of Topliss-reactive ketones (excluding diaryl/α,β-unsaturated/α-hetero) is 1. The molecule has 148 valence electrons. The number of H-pyrrole nitrogens is 1. The monoisotopic (exact) mass is 410 g/mol. The predicted octanol–water partition coefficient (Wildman–Crippen LogP) is 5.14. The Morgan fingerprint density at radius 2 is 1.90 bits per heavy atom. The Morgan fingerprint density at radius 3 is 2.55 bits per heavy atom. The minimum atomic E-state index is -0.429. The van der Waals surface area contributed by atoms with Gasteiger partial charge in [-0.3, -0.25) is 9.59 Å². The highest BCUT2D eigenvalue weighted by Gasteiger charge is 2.20. The van der Waals surface area contributed by atoms with Crippen LogP contribution in [0.25, 0.3) is 27.8 Å². The first-order valence-corrected chi connectivity index (χ1v) is 9.14. The molecule has 2 aromatic carbocycles. The minimum Gasteiger partial charge on any atom is -0.507 e. The lowest BCUT2D eigenvalue weighted by Crippen LogP contribution is -2.14. The summed E-state index contributed by atoms with van der Waals surface area (Å²) in [5.74, 6) is -0.405. The normalized spacial score (nSPS) is 10.6. The number of aromatic nitrogens is 1. The number of aromatic hydroxyl groups is 1. The number of rotatable bonds is 5. The van der Waals surface area contributed by atoms with E-state index < -0.39 is 5.56 Å². The second-order valence-corrected chi connectivity index (χ2v) is 7.17. The molecule has 6 nitrogen and oxygen atoms in total. The standard InChI is InChI=1S/C22H19ClN2O4/c1-11(2)25-29-13(4)20-21(14-5-8-19(27)16(9-14)12(3)26)17-10-15(23)6-7-18(17)24-22(20)28/h5-10,27H,4H2,1-3H3,(H,24,28). The topological polar surface area (TPSA) is 91.8 Å². The van der Waals surface area contributed by atoms with Crippen molar-refractivity contribution < 1.29 is 14.7 Å². The van der Waals surface area contributed by atoms with Crippen molar-refractivity contribution >= 4 is 39.8 Å². The second-order valence-electron chi connectivity index (χ2n) is 6.74. The summed E-state index contributed by atoms with van der Waals surface area (Å²) in [4.78, 5) is 32.9. The van der Waals surface area contributed by atoms with E-state index in [2.05, 4.69) is 16.7 Å². The number of aromatic amines is 1. The van der Waals surface area contributed by atoms with Crippen molar-refractivity contribution in [2.45, 2.75) is 20.8 Å². The molecule has 0 bridgehead atoms. The van der Waals surface area contributed by atoms with Crippen molar-refractivity contribution in [3.05, 3.63) is 69.5 Å². The van der Waals surface area contributed by atoms with Gasteiger partial charge in [0, 0.05) is 21.5 Å². The Hall–Kier alpha value is -3.38. The fourth-order valence-corrected chi connectivity index (χ4v) is 3.17. The molecule has 0 saturated heterocycles. The number of fused-ring (bicyclic) bond motifs is 1. The maximum atomic E-state index is 12.9. The number of hydrogen-bond acceptors (Lipinski definition) is 5. The van der Waals surface area contributed by atoms with E-state index in [9.17, 15) is 14.7 Å². The van der Waals surface area contributed by atoms with E-state index in [-0.39, 0.29) is 28.4 Å². The molecule has 1 heterocycles. The second kappa shape index (κ2) is 7.93. The quantitative estimate of drug-likeness (QED) is 0.263. The predicted molar refractivity (Wildman–Crippen MR) is 116 cm³/mol. The average molecular weight is 411 g/mol. The van der Waals surface area contributed by atoms with Gasteiger partial charge in [-0.1, -0.05) is 29.4 Å². The SMILES string of the molecule is C=C(ON=C(C)C)c1c(-c2ccc(O)c(C(C)=O)c2)c2cc(Cl)ccc2[nH]c1=O. The zero-order valence-electron chi connectivity index (χ0n) is 16.2. The van der Waals surface area contributed by atoms with Gasteiger partial charge in [0.05, 0.1) is 16.8 Å². The van der Waals surface area contributed by atoms with Gasteiger partial charge in [0.15, 0.2) is 11.5 Å². The summed E-state index contributed by atoms with van der Waals surface area (Å²) in [6.07, 6.45) is 0. The Kier molecular flexibility index (Phi) is 5.57. The summed E-state index contributed by atoms with van der Waals surface area (Å²) in [6, 6.07) is 9.60. The summed E-state index contributed by atoms with van der Waals surface area (Å²) < 4.78 is 0. The van der Waals surface area contributed by atoms with E-state index in [1.807, 2.05) is 0 Å². The summed E-state index contributed by atoms with van der Waals surface area (Å²) >= 11 is 6.20. The van der Waals surface area contributed by atoms with E-state index in [1.165, 1.54) is 19.1 Å². The van der Waals surface area contributed by atoms with Crippen LogP contribution >= 0.6 is 11.6 Å². The third kappa shape index (κ3) is 4.07. The van der Waals surface area contributed by atoms with Crippen LogP contribution in [0.15, 0.2) is 52.9 Å². The number of halogens is 1. The van der Waals surface area contributed by atoms with Crippen LogP contribution in [0, 0.1) is 0 Å². The summed E-state index contributed by atoms with van der Waals surface area (Å²) in [6.45, 7) is 8.70. The summed E-state index contributed by atoms with van der Waals surface area (Å²) in [5.41, 5.74) is 2.07. The van der Waals surface area contributed by atoms with E-state index in [4.69, 9.17) is 16.4 Å². The number of carbonyl (C=O) groups is 1. The molecule has 0 atom stereocenters. The van der Waals surface area contributed by atoms with Crippen molar-refractivity contribution in [1.29, 1.82) is 0 Å². The van der Waals surface area contributed by atoms with Crippen LogP contribution < -0.4 is 5.56 Å². The smallest absolute Gasteiger partial charge is 0.260 e. The van der Waals surface area contributed by atoms with Crippen LogP contribution in [-0.4, -0.2) is 21.6 Å². The number of hydrogen-bond donors (Lipinski definition) is 2. The van der Waals surface area contributed by atoms with Crippen LogP contribution in [0.3, 0.4) is 0 Å². The number of phenolic OH excluding ortho intramolecular Hbond substituents is 1. The number of carbonyl (C=O) groups excluding carboxylic acids is 1. The van der Waals surface area contributed by atoms with Crippen LogP contribution in [0.2, 0.25) is 5.02 Å². The highest BCUT2D eigenvalue weighted by atomic mass is 35.5. The van der Waals surface area contributed by atoms with E-state index in [0.717, 1.165) is 0 Å². The highest BCUT2D eigenvalue weighted by molar-refractivity contribution is 6.31. The zero-order chi connectivity index (χ0) is 21.3. The molecule has 0 fully saturated rings. The molecule has 0 saturated carbocycles. The zero-order valence-corrected chi connectivity index (χ0v) is 16.9. The van der Waals surface area contributed by atoms with Crippen LogP contribution in [-0.2, 0) is 4.84 Å². The van der Waals surface area contributed by atoms with Crippen molar-refractivity contribution in [2.24, 2.45) is 5.16 Å². The van der Waals surface area contributed by atoms with Gasteiger partial charge in [0.2, 0.25) is 0 Å². The van der Waals surface area contributed by atoms with Gasteiger partial charge in [-0.15, -0.1) is 0 Å². The fourth-order valence-electron chi connectivity index (χ4n) is 3.00. The van der Waals surface area contributed by atoms with E-state index >= 15 is 0 Å². The highest BCUT2D eigenvalue weighted by Crippen LogP contribution is 2.36. The number of oxime groups is 1. The van der Waals surface area contributed by atoms with Gasteiger partial charge in [0.25, 0.3) is 5.56 Å². The van der Waals surface area contributed by atoms with Crippen LogP contribution in [0.1, 0.15) is 36.7 Å². The minimum absolute atomic E-state index is 0.0433. The molecule has 7 heteroatoms. The van der Waals surface area contributed by atoms with E-state index in [0.29, 0.717) is 32.8 Å². The number of ketones is 1. The molecule has 3 rings (SSSR count). The largest absolute Gasteiger partial charge is 0.507 e. The average Bonchev–Trinajstić information content (AvgIpc) is 2.65. The van der Waals surface area contributed by atoms with Gasteiger partial charge in [-0.2, -0.15) is 0 Å². The molecule has 0 spiro atoms. The molecule has 0 amide bonds. The lowest BCUT2D eigenvalue weighted by molar-refractivity contribution is 0.101. The Bertz CT molecular complexity index is 1240. The number of phenols is 1. The van der Waals surface area contributed by atoms with Crippen LogP contribution in [0.5, 0.6) is 5.75 Å². The first kappa shape index (κ1) is 20.4. The van der Waals surface area contributed by atoms with Crippen molar-refractivity contribution in [3.8, 4) is 16.9 Å². The lowest BCUT2D eigenvalue weighted by atomic mass is 9.93. The molecule has 29 heavy (non-hydrogen) atoms. The lowest BCUT2D eigenvalue weighted by Gasteiger charge is -2.15. The Labute approximate surface area is 172 Å². The van der Waals surface area contributed by atoms with Crippen molar-refractivity contribution in [3.63, 3.8) is 0 Å². The maximum absolute atomic E-state index is 12.9. The molecular formula is C22H19ClN2O4. The molecule has 0 aliphatic heterocycles. The molecule has 2 N–H and O–H groups in total. The third-order valence-corrected chi connectivity index (χ3v) is 4.49. The number of nitrogens with zero attached hydrogens (tertiary/aromatic N) is 1. The molecular weight excluding hydrogens is 392 g/mol. The van der Waals surface area contributed by atoms with E-state index in [1.54, 1.807) is 38.1 Å². The molecule has 1 aromatic heterocycles. The van der Waals surface area contributed by atoms with Gasteiger partial charge >= 0.3 is 0 Å². The number of pyridine rings is 1. The van der Waals surface area contributed by atoms with Gasteiger partial charge in [-0.25, -0.2) is 0 Å². The Morgan fingerprint density at radius 1 is 1.17 bits per heavy atom. The Balaban J connectivity index is 2.40. The van der Waals surface area contributed by atoms with Crippen molar-refractivity contribution in [2.75, 3.05) is 0 Å². The van der Waals surface area contributed by atoms with Gasteiger partial charge in [0.1, 0.15) is 5.75 Å². The molecule has 0 unspecified atom stereocenters. The van der Waals surface area contributed by atoms with Gasteiger partial charge in [-0.05, 0) is 56.7 Å². The first-order valence-electron chi connectivity index (χ1n) is 8.76. The molecule has 0 aliphatic carbocycles. The summed E-state index contributed by atoms with van der Waals surface area (Å²) in [7, 11) is 0. The molecule has 3 aromatic rings. The van der Waals surface area contributed by atoms with Crippen LogP contribution in [0.4, 0.5) is 0 Å².